The van der Waals surface area contributed by atoms with E-state index >= 15 is 0 Å². The van der Waals surface area contributed by atoms with E-state index in [1.54, 1.807) is 24.3 Å². The number of aryl methyl sites for hydroxylation is 1. The molecule has 1 nitrogen and oxygen atoms in total. The molecule has 0 heterocycles. The first-order valence-corrected chi connectivity index (χ1v) is 5.30. The van der Waals surface area contributed by atoms with Crippen LogP contribution in [0.5, 0.6) is 0 Å². The highest BCUT2D eigenvalue weighted by Gasteiger charge is 2.43. The molecule has 0 atom stereocenters. The van der Waals surface area contributed by atoms with Crippen molar-refractivity contribution in [2.24, 2.45) is 0 Å². The van der Waals surface area contributed by atoms with Crippen LogP contribution in [0.25, 0.3) is 5.57 Å². The van der Waals surface area contributed by atoms with E-state index in [1.165, 1.54) is 0 Å². The molecule has 1 aliphatic carbocycles. The SMILES string of the molecule is Cc1ccc(C2=C(C(F)(F)F)C(=O)CC2)cc1. The molecule has 1 aliphatic rings. The van der Waals surface area contributed by atoms with Gasteiger partial charge in [0.2, 0.25) is 0 Å². The first kappa shape index (κ1) is 11.9. The Bertz CT molecular complexity index is 480. The number of rotatable bonds is 1. The summed E-state index contributed by atoms with van der Waals surface area (Å²) in [6.07, 6.45) is -4.41. The summed E-state index contributed by atoms with van der Waals surface area (Å²) < 4.78 is 38.2. The predicted octanol–water partition coefficient (Wildman–Crippen LogP) is 3.67. The number of carbonyl (C=O) groups excluding carboxylic acids is 1. The molecule has 0 spiro atoms. The summed E-state index contributed by atoms with van der Waals surface area (Å²) in [6, 6.07) is 6.77. The van der Waals surface area contributed by atoms with E-state index < -0.39 is 17.5 Å². The van der Waals surface area contributed by atoms with Gasteiger partial charge < -0.3 is 0 Å². The lowest BCUT2D eigenvalue weighted by atomic mass is 10.0. The minimum Gasteiger partial charge on any atom is -0.294 e. The topological polar surface area (TPSA) is 17.1 Å². The van der Waals surface area contributed by atoms with E-state index in [2.05, 4.69) is 0 Å². The number of Topliss-reactive ketones (excluding diaryl/α,β-unsaturated/α-hetero) is 1. The van der Waals surface area contributed by atoms with Crippen LogP contribution in [0.4, 0.5) is 13.2 Å². The van der Waals surface area contributed by atoms with E-state index in [9.17, 15) is 18.0 Å². The monoisotopic (exact) mass is 240 g/mol. The smallest absolute Gasteiger partial charge is 0.294 e. The van der Waals surface area contributed by atoms with Gasteiger partial charge in [0.05, 0.1) is 0 Å². The van der Waals surface area contributed by atoms with Crippen LogP contribution in [-0.4, -0.2) is 12.0 Å². The average Bonchev–Trinajstić information content (AvgIpc) is 2.61. The van der Waals surface area contributed by atoms with Crippen LogP contribution >= 0.6 is 0 Å². The third-order valence-electron chi connectivity index (χ3n) is 2.87. The Morgan fingerprint density at radius 2 is 1.65 bits per heavy atom. The fraction of sp³-hybridized carbons (Fsp3) is 0.308. The van der Waals surface area contributed by atoms with Gasteiger partial charge in [0.1, 0.15) is 5.57 Å². The molecule has 0 amide bonds. The van der Waals surface area contributed by atoms with Crippen molar-refractivity contribution < 1.29 is 18.0 Å². The number of halogens is 3. The van der Waals surface area contributed by atoms with Crippen molar-refractivity contribution in [2.45, 2.75) is 25.9 Å². The maximum absolute atomic E-state index is 12.7. The molecule has 0 aromatic heterocycles. The fourth-order valence-corrected chi connectivity index (χ4v) is 2.03. The van der Waals surface area contributed by atoms with Crippen LogP contribution in [0.1, 0.15) is 24.0 Å². The average molecular weight is 240 g/mol. The van der Waals surface area contributed by atoms with Gasteiger partial charge in [-0.25, -0.2) is 0 Å². The van der Waals surface area contributed by atoms with E-state index in [0.29, 0.717) is 5.56 Å². The first-order chi connectivity index (χ1) is 7.89. The van der Waals surface area contributed by atoms with Gasteiger partial charge in [-0.15, -0.1) is 0 Å². The van der Waals surface area contributed by atoms with Crippen LogP contribution < -0.4 is 0 Å². The summed E-state index contributed by atoms with van der Waals surface area (Å²) in [5.74, 6) is -0.798. The number of hydrogen-bond acceptors (Lipinski definition) is 1. The highest BCUT2D eigenvalue weighted by atomic mass is 19.4. The Kier molecular flexibility index (Phi) is 2.81. The lowest BCUT2D eigenvalue weighted by Gasteiger charge is -2.10. The number of hydrogen-bond donors (Lipinski definition) is 0. The van der Waals surface area contributed by atoms with E-state index in [4.69, 9.17) is 0 Å². The molecule has 0 radical (unpaired) electrons. The highest BCUT2D eigenvalue weighted by molar-refractivity contribution is 6.08. The first-order valence-electron chi connectivity index (χ1n) is 5.30. The molecular weight excluding hydrogens is 229 g/mol. The maximum atomic E-state index is 12.7. The number of carbonyl (C=O) groups is 1. The molecule has 2 rings (SSSR count). The van der Waals surface area contributed by atoms with Gasteiger partial charge in [0, 0.05) is 6.42 Å². The number of benzene rings is 1. The largest absolute Gasteiger partial charge is 0.420 e. The molecule has 0 saturated heterocycles. The van der Waals surface area contributed by atoms with Crippen molar-refractivity contribution in [3.05, 3.63) is 41.0 Å². The molecule has 0 N–H and O–H groups in total. The second-order valence-corrected chi connectivity index (χ2v) is 4.14. The number of alkyl halides is 3. The normalized spacial score (nSPS) is 16.8. The van der Waals surface area contributed by atoms with Crippen molar-refractivity contribution in [1.29, 1.82) is 0 Å². The van der Waals surface area contributed by atoms with Gasteiger partial charge in [-0.3, -0.25) is 4.79 Å². The molecule has 1 aromatic carbocycles. The molecule has 1 aromatic rings. The van der Waals surface area contributed by atoms with Crippen molar-refractivity contribution in [1.82, 2.24) is 0 Å². The molecule has 0 bridgehead atoms. The van der Waals surface area contributed by atoms with E-state index in [1.807, 2.05) is 6.92 Å². The van der Waals surface area contributed by atoms with Gasteiger partial charge in [-0.05, 0) is 24.5 Å². The van der Waals surface area contributed by atoms with E-state index in [0.717, 1.165) is 5.56 Å². The Balaban J connectivity index is 2.52. The standard InChI is InChI=1S/C13H11F3O/c1-8-2-4-9(5-3-8)10-6-7-11(17)12(10)13(14,15)16/h2-5H,6-7H2,1H3. The van der Waals surface area contributed by atoms with Crippen molar-refractivity contribution in [2.75, 3.05) is 0 Å². The quantitative estimate of drug-likeness (QED) is 0.731. The zero-order valence-corrected chi connectivity index (χ0v) is 9.27. The van der Waals surface area contributed by atoms with Gasteiger partial charge in [0.25, 0.3) is 0 Å². The lowest BCUT2D eigenvalue weighted by Crippen LogP contribution is -2.17. The van der Waals surface area contributed by atoms with Gasteiger partial charge >= 0.3 is 6.18 Å². The van der Waals surface area contributed by atoms with Gasteiger partial charge in [-0.1, -0.05) is 29.8 Å². The summed E-state index contributed by atoms with van der Waals surface area (Å²) in [5, 5.41) is 0. The van der Waals surface area contributed by atoms with Crippen molar-refractivity contribution >= 4 is 11.4 Å². The van der Waals surface area contributed by atoms with Crippen LogP contribution in [0.3, 0.4) is 0 Å². The van der Waals surface area contributed by atoms with Gasteiger partial charge in [0.15, 0.2) is 5.78 Å². The molecule has 0 saturated carbocycles. The molecule has 4 heteroatoms. The molecule has 17 heavy (non-hydrogen) atoms. The second kappa shape index (κ2) is 4.02. The maximum Gasteiger partial charge on any atom is 0.420 e. The summed E-state index contributed by atoms with van der Waals surface area (Å²) in [5.41, 5.74) is 0.630. The Labute approximate surface area is 96.9 Å². The molecular formula is C13H11F3O. The van der Waals surface area contributed by atoms with Crippen molar-refractivity contribution in [3.63, 3.8) is 0 Å². The summed E-state index contributed by atoms with van der Waals surface area (Å²) in [6.45, 7) is 1.86. The van der Waals surface area contributed by atoms with Crippen LogP contribution in [0, 0.1) is 6.92 Å². The summed E-state index contributed by atoms with van der Waals surface area (Å²) in [4.78, 5) is 11.3. The number of allylic oxidation sites excluding steroid dienone is 2. The third kappa shape index (κ3) is 2.25. The summed E-state index contributed by atoms with van der Waals surface area (Å²) in [7, 11) is 0. The fourth-order valence-electron chi connectivity index (χ4n) is 2.03. The Hall–Kier alpha value is -1.58. The van der Waals surface area contributed by atoms with Crippen LogP contribution in [0.2, 0.25) is 0 Å². The van der Waals surface area contributed by atoms with E-state index in [-0.39, 0.29) is 18.4 Å². The molecule has 0 aliphatic heterocycles. The minimum atomic E-state index is -4.55. The minimum absolute atomic E-state index is 0.0436. The second-order valence-electron chi connectivity index (χ2n) is 4.14. The third-order valence-corrected chi connectivity index (χ3v) is 2.87. The molecule has 0 unspecified atom stereocenters. The predicted molar refractivity (Wildman–Crippen MR) is 58.4 cm³/mol. The van der Waals surface area contributed by atoms with Crippen LogP contribution in [-0.2, 0) is 4.79 Å². The lowest BCUT2D eigenvalue weighted by molar-refractivity contribution is -0.127. The number of ketones is 1. The van der Waals surface area contributed by atoms with Crippen molar-refractivity contribution in [3.8, 4) is 0 Å². The zero-order valence-electron chi connectivity index (χ0n) is 9.27. The van der Waals surface area contributed by atoms with Gasteiger partial charge in [-0.2, -0.15) is 13.2 Å². The Morgan fingerprint density at radius 3 is 2.18 bits per heavy atom. The Morgan fingerprint density at radius 1 is 1.06 bits per heavy atom. The highest BCUT2D eigenvalue weighted by Crippen LogP contribution is 2.40. The molecule has 90 valence electrons. The van der Waals surface area contributed by atoms with Crippen LogP contribution in [0.15, 0.2) is 29.8 Å². The zero-order chi connectivity index (χ0) is 12.6. The molecule has 0 fully saturated rings. The summed E-state index contributed by atoms with van der Waals surface area (Å²) >= 11 is 0.